The van der Waals surface area contributed by atoms with Crippen LogP contribution in [0.2, 0.25) is 0 Å². The molecule has 3 heterocycles. The Morgan fingerprint density at radius 3 is 2.30 bits per heavy atom. The lowest BCUT2D eigenvalue weighted by molar-refractivity contribution is -0.153. The molecule has 1 saturated heterocycles. The summed E-state index contributed by atoms with van der Waals surface area (Å²) in [4.78, 5) is 49.2. The summed E-state index contributed by atoms with van der Waals surface area (Å²) in [5.41, 5.74) is 1.73. The number of alkyl carbamates (subject to hydrolysis) is 1. The molecule has 1 aromatic heterocycles. The van der Waals surface area contributed by atoms with E-state index in [1.54, 1.807) is 27.0 Å². The van der Waals surface area contributed by atoms with Gasteiger partial charge >= 0.3 is 12.1 Å². The number of thioether (sulfide) groups is 1. The number of ether oxygens (including phenoxy) is 2. The highest BCUT2D eigenvalue weighted by Crippen LogP contribution is 2.45. The van der Waals surface area contributed by atoms with Gasteiger partial charge in [0.05, 0.1) is 4.88 Å². The van der Waals surface area contributed by atoms with Crippen molar-refractivity contribution in [1.82, 2.24) is 20.1 Å². The molecule has 5 rings (SSSR count). The van der Waals surface area contributed by atoms with Gasteiger partial charge in [-0.05, 0) is 46.0 Å². The van der Waals surface area contributed by atoms with E-state index in [2.05, 4.69) is 20.5 Å². The number of hydrogen-bond donors (Lipinski definition) is 2. The third-order valence-corrected chi connectivity index (χ3v) is 9.20. The zero-order valence-electron chi connectivity index (χ0n) is 25.4. The maximum Gasteiger partial charge on any atom is 0.408 e. The number of anilines is 1. The van der Waals surface area contributed by atoms with Crippen LogP contribution in [0.25, 0.3) is 5.57 Å². The number of thiazole rings is 1. The number of nitrogens with zero attached hydrogens (tertiary/aromatic N) is 3. The molecule has 2 aliphatic heterocycles. The molecule has 0 saturated carbocycles. The molecule has 2 atom stereocenters. The van der Waals surface area contributed by atoms with Gasteiger partial charge in [-0.15, -0.1) is 11.8 Å². The Bertz CT molecular complexity index is 1480. The topological polar surface area (TPSA) is 113 Å². The molecule has 0 aliphatic carbocycles. The summed E-state index contributed by atoms with van der Waals surface area (Å²) in [5, 5.41) is 6.25. The number of likely N-dealkylation sites (N-methyl/N-ethyl adjacent to an activating group) is 1. The van der Waals surface area contributed by atoms with Gasteiger partial charge in [0.25, 0.3) is 5.91 Å². The Morgan fingerprint density at radius 2 is 1.70 bits per heavy atom. The number of esters is 1. The molecule has 2 unspecified atom stereocenters. The second kappa shape index (κ2) is 13.4. The van der Waals surface area contributed by atoms with Gasteiger partial charge < -0.3 is 25.0 Å². The van der Waals surface area contributed by atoms with E-state index in [1.807, 2.05) is 74.8 Å². The molecule has 2 N–H and O–H groups in total. The number of benzene rings is 2. The smallest absolute Gasteiger partial charge is 0.408 e. The monoisotopic (exact) mass is 635 g/mol. The summed E-state index contributed by atoms with van der Waals surface area (Å²) in [6.45, 7) is 6.82. The van der Waals surface area contributed by atoms with Crippen LogP contribution in [-0.4, -0.2) is 82.7 Å². The molecule has 0 bridgehead atoms. The molecule has 0 spiro atoms. The van der Waals surface area contributed by atoms with Crippen molar-refractivity contribution < 1.29 is 23.9 Å². The molecule has 0 radical (unpaired) electrons. The largest absolute Gasteiger partial charge is 0.448 e. The van der Waals surface area contributed by atoms with Crippen LogP contribution in [0.4, 0.5) is 9.93 Å². The van der Waals surface area contributed by atoms with Crippen molar-refractivity contribution in [2.24, 2.45) is 0 Å². The predicted octanol–water partition coefficient (Wildman–Crippen LogP) is 4.97. The van der Waals surface area contributed by atoms with Crippen LogP contribution in [0.1, 0.15) is 42.9 Å². The lowest BCUT2D eigenvalue weighted by Gasteiger charge is -2.49. The molecule has 1 fully saturated rings. The summed E-state index contributed by atoms with van der Waals surface area (Å²) >= 11 is 2.90. The number of rotatable bonds is 10. The lowest BCUT2D eigenvalue weighted by Crippen LogP contribution is -2.70. The number of carbonyl (C=O) groups excluding carboxylic acids is 3. The van der Waals surface area contributed by atoms with Gasteiger partial charge in [0, 0.05) is 30.6 Å². The highest BCUT2D eigenvalue weighted by molar-refractivity contribution is 8.00. The average molecular weight is 636 g/mol. The fourth-order valence-corrected chi connectivity index (χ4v) is 7.20. The van der Waals surface area contributed by atoms with E-state index in [0.717, 1.165) is 27.7 Å². The Labute approximate surface area is 265 Å². The van der Waals surface area contributed by atoms with Gasteiger partial charge in [-0.1, -0.05) is 72.0 Å². The van der Waals surface area contributed by atoms with Gasteiger partial charge in [-0.3, -0.25) is 9.69 Å². The summed E-state index contributed by atoms with van der Waals surface area (Å²) in [6, 6.07) is 18.2. The highest BCUT2D eigenvalue weighted by Gasteiger charge is 2.55. The number of hydrogen-bond acceptors (Lipinski definition) is 10. The fourth-order valence-electron chi connectivity index (χ4n) is 4.86. The lowest BCUT2D eigenvalue weighted by atomic mass is 10.0. The third kappa shape index (κ3) is 7.25. The van der Waals surface area contributed by atoms with Crippen molar-refractivity contribution in [2.45, 2.75) is 43.9 Å². The molecule has 3 aromatic rings. The summed E-state index contributed by atoms with van der Waals surface area (Å²) in [5.74, 6) is -0.601. The Kier molecular flexibility index (Phi) is 9.62. The molecule has 10 nitrogen and oxygen atoms in total. The summed E-state index contributed by atoms with van der Waals surface area (Å²) in [6.07, 6.45) is 0.348. The maximum absolute atomic E-state index is 14.2. The first-order valence-electron chi connectivity index (χ1n) is 14.3. The molecule has 2 aliphatic rings. The molecule has 232 valence electrons. The van der Waals surface area contributed by atoms with Crippen molar-refractivity contribution in [3.05, 3.63) is 88.6 Å². The normalized spacial score (nSPS) is 18.2. The van der Waals surface area contributed by atoms with E-state index in [0.29, 0.717) is 17.9 Å². The Hall–Kier alpha value is -3.87. The zero-order valence-corrected chi connectivity index (χ0v) is 27.0. The van der Waals surface area contributed by atoms with Crippen LogP contribution in [0.5, 0.6) is 0 Å². The molecular weight excluding hydrogens is 599 g/mol. The van der Waals surface area contributed by atoms with Gasteiger partial charge in [0.15, 0.2) is 11.2 Å². The van der Waals surface area contributed by atoms with Crippen LogP contribution in [0.15, 0.2) is 72.6 Å². The zero-order chi connectivity index (χ0) is 31.4. The average Bonchev–Trinajstić information content (AvgIpc) is 3.46. The number of β-lactam (4-membered cyclic amide) rings is 1. The minimum Gasteiger partial charge on any atom is -0.448 e. The van der Waals surface area contributed by atoms with Gasteiger partial charge in [0.2, 0.25) is 0 Å². The second-order valence-electron chi connectivity index (χ2n) is 11.7. The molecular formula is C32H37N5O5S2. The molecule has 44 heavy (non-hydrogen) atoms. The van der Waals surface area contributed by atoms with Crippen molar-refractivity contribution in [3.63, 3.8) is 0 Å². The second-order valence-corrected chi connectivity index (χ2v) is 13.9. The minimum atomic E-state index is -0.831. The molecule has 2 amide bonds. The SMILES string of the molecule is CN(C)CCNc1ncc(C2=C(C(=O)OC(c3ccccc3)c3ccccc3)N3C(=O)C(NC(=O)OC(C)(C)C)C3SC2)s1. The van der Waals surface area contributed by atoms with Crippen molar-refractivity contribution in [1.29, 1.82) is 0 Å². The molecule has 12 heteroatoms. The minimum absolute atomic E-state index is 0.168. The number of carbonyl (C=O) groups is 3. The highest BCUT2D eigenvalue weighted by atomic mass is 32.2. The first-order chi connectivity index (χ1) is 21.0. The third-order valence-electron chi connectivity index (χ3n) is 6.90. The number of fused-ring (bicyclic) bond motifs is 1. The van der Waals surface area contributed by atoms with Gasteiger partial charge in [-0.2, -0.15) is 0 Å². The number of amides is 2. The summed E-state index contributed by atoms with van der Waals surface area (Å²) < 4.78 is 11.6. The van der Waals surface area contributed by atoms with Crippen LogP contribution in [-0.2, 0) is 19.1 Å². The van der Waals surface area contributed by atoms with Crippen LogP contribution in [0.3, 0.4) is 0 Å². The fraction of sp³-hybridized carbons (Fsp3) is 0.375. The van der Waals surface area contributed by atoms with Crippen molar-refractivity contribution >= 4 is 51.8 Å². The van der Waals surface area contributed by atoms with E-state index < -0.39 is 41.1 Å². The Morgan fingerprint density at radius 1 is 1.07 bits per heavy atom. The number of aromatic nitrogens is 1. The van der Waals surface area contributed by atoms with Crippen molar-refractivity contribution in [3.8, 4) is 0 Å². The first kappa shape index (κ1) is 31.6. The predicted molar refractivity (Wildman–Crippen MR) is 173 cm³/mol. The van der Waals surface area contributed by atoms with E-state index in [-0.39, 0.29) is 5.70 Å². The number of nitrogens with one attached hydrogen (secondary N) is 2. The van der Waals surface area contributed by atoms with Crippen molar-refractivity contribution in [2.75, 3.05) is 38.3 Å². The quantitative estimate of drug-likeness (QED) is 0.236. The Balaban J connectivity index is 1.47. The first-order valence-corrected chi connectivity index (χ1v) is 16.2. The van der Waals surface area contributed by atoms with Crippen LogP contribution in [0, 0.1) is 0 Å². The van der Waals surface area contributed by atoms with E-state index in [4.69, 9.17) is 9.47 Å². The maximum atomic E-state index is 14.2. The van der Waals surface area contributed by atoms with Crippen LogP contribution >= 0.6 is 23.1 Å². The van der Waals surface area contributed by atoms with Gasteiger partial charge in [-0.25, -0.2) is 14.6 Å². The summed E-state index contributed by atoms with van der Waals surface area (Å²) in [7, 11) is 4.00. The van der Waals surface area contributed by atoms with Crippen LogP contribution < -0.4 is 10.6 Å². The molecule has 2 aromatic carbocycles. The standard InChI is InChI=1S/C32H37N5O5S2/c1-32(2,3)42-31(40)35-24-27(38)37-25(22(19-43-28(24)37)23-18-34-30(44-23)33-16-17-36(4)5)29(39)41-26(20-12-8-6-9-13-20)21-14-10-7-11-15-21/h6-15,18,24,26,28H,16-17,19H2,1-5H3,(H,33,34)(H,35,40). The van der Waals surface area contributed by atoms with E-state index >= 15 is 0 Å². The van der Waals surface area contributed by atoms with E-state index in [9.17, 15) is 14.4 Å². The van der Waals surface area contributed by atoms with E-state index in [1.165, 1.54) is 28.0 Å². The van der Waals surface area contributed by atoms with Gasteiger partial charge in [0.1, 0.15) is 22.7 Å².